The Morgan fingerprint density at radius 2 is 1.11 bits per heavy atom. The topological polar surface area (TPSA) is 55.4 Å². The van der Waals surface area contributed by atoms with E-state index >= 15 is 0 Å². The number of methoxy groups -OCH3 is 2. The second-order valence-electron chi connectivity index (χ2n) is 8.39. The van der Waals surface area contributed by atoms with Crippen LogP contribution in [0.5, 0.6) is 23.0 Å². The molecule has 0 aliphatic carbocycles. The van der Waals surface area contributed by atoms with Gasteiger partial charge in [-0.3, -0.25) is 0 Å². The fraction of sp³-hybridized carbons (Fsp3) is 0.455. The quantitative estimate of drug-likeness (QED) is 0.304. The zero-order chi connectivity index (χ0) is 27.5. The van der Waals surface area contributed by atoms with Crippen molar-refractivity contribution in [2.45, 2.75) is 51.6 Å². The Morgan fingerprint density at radius 3 is 1.53 bits per heavy atom. The van der Waals surface area contributed by atoms with Crippen LogP contribution in [-0.2, 0) is 9.31 Å². The highest BCUT2D eigenvalue weighted by molar-refractivity contribution is 9.10. The van der Waals surface area contributed by atoms with Crippen molar-refractivity contribution in [2.75, 3.05) is 14.2 Å². The molecular weight excluding hydrogens is 565 g/mol. The normalized spacial score (nSPS) is 16.6. The predicted octanol–water partition coefficient (Wildman–Crippen LogP) is 6.25. The first kappa shape index (κ1) is 29.9. The maximum absolute atomic E-state index is 12.3. The van der Waals surface area contributed by atoms with Gasteiger partial charge in [0.15, 0.2) is 23.0 Å². The molecular formula is C22H24BBrF6O6. The van der Waals surface area contributed by atoms with Gasteiger partial charge in [0.25, 0.3) is 0 Å². The highest BCUT2D eigenvalue weighted by atomic mass is 79.9. The lowest BCUT2D eigenvalue weighted by molar-refractivity contribution is -0.276. The average Bonchev–Trinajstić information content (AvgIpc) is 2.95. The highest BCUT2D eigenvalue weighted by Crippen LogP contribution is 2.38. The fourth-order valence-electron chi connectivity index (χ4n) is 2.87. The van der Waals surface area contributed by atoms with Crippen molar-refractivity contribution in [1.82, 2.24) is 0 Å². The molecule has 6 nitrogen and oxygen atoms in total. The molecule has 0 unspecified atom stereocenters. The van der Waals surface area contributed by atoms with Crippen LogP contribution >= 0.6 is 15.9 Å². The van der Waals surface area contributed by atoms with Crippen LogP contribution in [0.4, 0.5) is 26.3 Å². The van der Waals surface area contributed by atoms with E-state index in [0.29, 0.717) is 9.94 Å². The van der Waals surface area contributed by atoms with Gasteiger partial charge in [-0.1, -0.05) is 22.0 Å². The van der Waals surface area contributed by atoms with Gasteiger partial charge in [-0.2, -0.15) is 0 Å². The predicted molar refractivity (Wildman–Crippen MR) is 123 cm³/mol. The van der Waals surface area contributed by atoms with E-state index in [0.717, 1.165) is 0 Å². The minimum Gasteiger partial charge on any atom is -0.493 e. The van der Waals surface area contributed by atoms with Gasteiger partial charge in [-0.05, 0) is 63.5 Å². The molecule has 1 fully saturated rings. The summed E-state index contributed by atoms with van der Waals surface area (Å²) in [5, 5.41) is 0. The van der Waals surface area contributed by atoms with Crippen LogP contribution in [0.15, 0.2) is 40.9 Å². The molecule has 0 bridgehead atoms. The second-order valence-corrected chi connectivity index (χ2v) is 9.31. The number of benzene rings is 2. The Bertz CT molecular complexity index is 1030. The zero-order valence-corrected chi connectivity index (χ0v) is 21.7. The molecule has 1 aliphatic rings. The summed E-state index contributed by atoms with van der Waals surface area (Å²) in [5.41, 5.74) is -0.511. The third kappa shape index (κ3) is 8.10. The van der Waals surface area contributed by atoms with Crippen molar-refractivity contribution in [3.05, 3.63) is 40.9 Å². The van der Waals surface area contributed by atoms with Gasteiger partial charge in [-0.15, -0.1) is 26.3 Å². The molecule has 2 aromatic rings. The summed E-state index contributed by atoms with van der Waals surface area (Å²) >= 11 is 3.10. The molecule has 36 heavy (non-hydrogen) atoms. The molecule has 14 heteroatoms. The largest absolute Gasteiger partial charge is 0.573 e. The maximum Gasteiger partial charge on any atom is 0.573 e. The number of rotatable bonds is 5. The van der Waals surface area contributed by atoms with Crippen molar-refractivity contribution in [3.63, 3.8) is 0 Å². The monoisotopic (exact) mass is 588 g/mol. The zero-order valence-electron chi connectivity index (χ0n) is 20.1. The van der Waals surface area contributed by atoms with Crippen LogP contribution in [-0.4, -0.2) is 45.3 Å². The Morgan fingerprint density at radius 1 is 0.694 bits per heavy atom. The van der Waals surface area contributed by atoms with Crippen molar-refractivity contribution in [1.29, 1.82) is 0 Å². The summed E-state index contributed by atoms with van der Waals surface area (Å²) in [6.45, 7) is 7.58. The summed E-state index contributed by atoms with van der Waals surface area (Å²) in [5.74, 6) is -0.778. The first-order valence-corrected chi connectivity index (χ1v) is 11.1. The van der Waals surface area contributed by atoms with E-state index in [1.807, 2.05) is 27.7 Å². The van der Waals surface area contributed by atoms with E-state index in [4.69, 9.17) is 18.8 Å². The van der Waals surface area contributed by atoms with Crippen LogP contribution in [0.3, 0.4) is 0 Å². The average molecular weight is 589 g/mol. The third-order valence-electron chi connectivity index (χ3n) is 5.29. The van der Waals surface area contributed by atoms with Crippen molar-refractivity contribution >= 4 is 28.5 Å². The van der Waals surface area contributed by atoms with Crippen molar-refractivity contribution in [3.8, 4) is 23.0 Å². The lowest BCUT2D eigenvalue weighted by Gasteiger charge is -2.32. The van der Waals surface area contributed by atoms with Gasteiger partial charge in [0, 0.05) is 4.47 Å². The van der Waals surface area contributed by atoms with Gasteiger partial charge >= 0.3 is 19.8 Å². The van der Waals surface area contributed by atoms with Crippen LogP contribution in [0, 0.1) is 0 Å². The summed E-state index contributed by atoms with van der Waals surface area (Å²) in [6, 6.07) is 8.07. The molecule has 0 amide bonds. The van der Waals surface area contributed by atoms with E-state index < -0.39 is 36.8 Å². The standard InChI is InChI=1S/C14H18BF3O4.C8H6BrF3O2/c1-12(2)13(3,4)22-15(21-12)9-6-7-10(11(8-9)19-5)20-14(16,17)18;1-13-7-4-5(9)2-3-6(7)14-8(10,11)12/h6-8H,1-5H3;2-4H,1H3. The lowest BCUT2D eigenvalue weighted by Crippen LogP contribution is -2.41. The number of hydrogen-bond donors (Lipinski definition) is 0. The van der Waals surface area contributed by atoms with Crippen LogP contribution in [0.25, 0.3) is 0 Å². The number of halogens is 7. The maximum atomic E-state index is 12.3. The summed E-state index contributed by atoms with van der Waals surface area (Å²) < 4.78 is 102. The van der Waals surface area contributed by atoms with Gasteiger partial charge in [0.2, 0.25) is 0 Å². The molecule has 0 N–H and O–H groups in total. The first-order valence-electron chi connectivity index (χ1n) is 10.3. The number of ether oxygens (including phenoxy) is 4. The van der Waals surface area contributed by atoms with Crippen LogP contribution < -0.4 is 24.4 Å². The smallest absolute Gasteiger partial charge is 0.493 e. The summed E-state index contributed by atoms with van der Waals surface area (Å²) in [7, 11) is 1.86. The van der Waals surface area contributed by atoms with Crippen molar-refractivity contribution < 1.29 is 54.6 Å². The molecule has 1 heterocycles. The van der Waals surface area contributed by atoms with Gasteiger partial charge < -0.3 is 28.3 Å². The fourth-order valence-corrected chi connectivity index (χ4v) is 3.21. The Balaban J connectivity index is 0.000000281. The Labute approximate surface area is 213 Å². The van der Waals surface area contributed by atoms with E-state index in [1.54, 1.807) is 0 Å². The number of alkyl halides is 6. The van der Waals surface area contributed by atoms with Gasteiger partial charge in [-0.25, -0.2) is 0 Å². The van der Waals surface area contributed by atoms with Crippen LogP contribution in [0.1, 0.15) is 27.7 Å². The lowest BCUT2D eigenvalue weighted by atomic mass is 9.79. The molecule has 200 valence electrons. The molecule has 0 radical (unpaired) electrons. The molecule has 0 saturated carbocycles. The first-order chi connectivity index (χ1) is 16.4. The summed E-state index contributed by atoms with van der Waals surface area (Å²) in [4.78, 5) is 0. The summed E-state index contributed by atoms with van der Waals surface area (Å²) in [6.07, 6.45) is -9.49. The minimum atomic E-state index is -4.78. The molecule has 1 aliphatic heterocycles. The molecule has 0 atom stereocenters. The highest BCUT2D eigenvalue weighted by Gasteiger charge is 2.52. The SMILES string of the molecule is COc1cc(B2OC(C)(C)C(C)(C)O2)ccc1OC(F)(F)F.COc1cc(Br)ccc1OC(F)(F)F. The molecule has 2 aromatic carbocycles. The molecule has 3 rings (SSSR count). The Kier molecular flexibility index (Phi) is 9.12. The van der Waals surface area contributed by atoms with E-state index in [-0.39, 0.29) is 17.2 Å². The third-order valence-corrected chi connectivity index (χ3v) is 5.78. The second kappa shape index (κ2) is 11.0. The minimum absolute atomic E-state index is 0.0247. The molecule has 1 saturated heterocycles. The van der Waals surface area contributed by atoms with E-state index in [2.05, 4.69) is 25.4 Å². The van der Waals surface area contributed by atoms with Crippen molar-refractivity contribution in [2.24, 2.45) is 0 Å². The van der Waals surface area contributed by atoms with E-state index in [9.17, 15) is 26.3 Å². The molecule has 0 spiro atoms. The van der Waals surface area contributed by atoms with Gasteiger partial charge in [0.1, 0.15) is 0 Å². The van der Waals surface area contributed by atoms with Gasteiger partial charge in [0.05, 0.1) is 25.4 Å². The van der Waals surface area contributed by atoms with Crippen LogP contribution in [0.2, 0.25) is 0 Å². The Hall–Kier alpha value is -2.32. The molecule has 0 aromatic heterocycles. The number of hydrogen-bond acceptors (Lipinski definition) is 6. The van der Waals surface area contributed by atoms with E-state index in [1.165, 1.54) is 50.6 Å².